The molecule has 0 saturated heterocycles. The van der Waals surface area contributed by atoms with Gasteiger partial charge in [-0.3, -0.25) is 0 Å². The van der Waals surface area contributed by atoms with Crippen molar-refractivity contribution in [3.8, 4) is 0 Å². The van der Waals surface area contributed by atoms with Crippen LogP contribution in [0.15, 0.2) is 0 Å². The predicted octanol–water partition coefficient (Wildman–Crippen LogP) is 1.71. The maximum Gasteiger partial charge on any atom is 0.0378 e. The summed E-state index contributed by atoms with van der Waals surface area (Å²) in [4.78, 5) is 0. The van der Waals surface area contributed by atoms with Crippen molar-refractivity contribution in [1.82, 2.24) is 0 Å². The van der Waals surface area contributed by atoms with Gasteiger partial charge in [0, 0.05) is 9.52 Å². The summed E-state index contributed by atoms with van der Waals surface area (Å²) < 4.78 is 0. The normalized spacial score (nSPS) is 23.5. The van der Waals surface area contributed by atoms with Gasteiger partial charge in [-0.25, -0.2) is 0 Å². The van der Waals surface area contributed by atoms with Crippen LogP contribution in [0.3, 0.4) is 0 Å². The lowest BCUT2D eigenvalue weighted by molar-refractivity contribution is 0.499. The first-order valence-corrected chi connectivity index (χ1v) is 4.18. The van der Waals surface area contributed by atoms with E-state index in [2.05, 4.69) is 6.55 Å². The molecule has 1 rings (SSSR count). The summed E-state index contributed by atoms with van der Waals surface area (Å²) in [6.07, 6.45) is 4.55. The van der Waals surface area contributed by atoms with Gasteiger partial charge in [-0.2, -0.15) is 0 Å². The maximum absolute atomic E-state index is 2.31. The van der Waals surface area contributed by atoms with Gasteiger partial charge in [0.2, 0.25) is 0 Å². The average molecular weight is 98.2 g/mol. The molecular formula is C5H10Si. The molecule has 0 amide bonds. The third-order valence-electron chi connectivity index (χ3n) is 1.51. The molecule has 1 fully saturated rings. The molecule has 0 spiro atoms. The van der Waals surface area contributed by atoms with Crippen LogP contribution >= 0.6 is 0 Å². The Labute approximate surface area is 41.8 Å². The van der Waals surface area contributed by atoms with Gasteiger partial charge in [-0.15, -0.1) is 0 Å². The van der Waals surface area contributed by atoms with Crippen molar-refractivity contribution < 1.29 is 0 Å². The molecule has 1 saturated carbocycles. The SMILES string of the molecule is C[Si]C1CCC1. The molecule has 1 aliphatic rings. The summed E-state index contributed by atoms with van der Waals surface area (Å²) in [6, 6.07) is 0. The second-order valence-electron chi connectivity index (χ2n) is 1.92. The zero-order valence-corrected chi connectivity index (χ0v) is 5.20. The van der Waals surface area contributed by atoms with Gasteiger partial charge in [0.15, 0.2) is 0 Å². The van der Waals surface area contributed by atoms with E-state index in [9.17, 15) is 0 Å². The van der Waals surface area contributed by atoms with Crippen molar-refractivity contribution >= 4 is 9.52 Å². The van der Waals surface area contributed by atoms with Crippen LogP contribution in [0, 0.1) is 0 Å². The summed E-state index contributed by atoms with van der Waals surface area (Å²) in [5.41, 5.74) is 1.14. The third kappa shape index (κ3) is 0.646. The largest absolute Gasteiger partial charge is 0.0731 e. The first-order chi connectivity index (χ1) is 2.93. The second kappa shape index (κ2) is 1.78. The standard InChI is InChI=1S/C5H10Si/c1-6-5-3-2-4-5/h5H,2-4H2,1H3. The summed E-state index contributed by atoms with van der Waals surface area (Å²) in [5.74, 6) is 0. The van der Waals surface area contributed by atoms with Crippen LogP contribution in [-0.4, -0.2) is 9.52 Å². The zero-order valence-electron chi connectivity index (χ0n) is 4.20. The topological polar surface area (TPSA) is 0 Å². The van der Waals surface area contributed by atoms with E-state index >= 15 is 0 Å². The highest BCUT2D eigenvalue weighted by Crippen LogP contribution is 2.30. The summed E-state index contributed by atoms with van der Waals surface area (Å²) >= 11 is 0. The van der Waals surface area contributed by atoms with Crippen molar-refractivity contribution in [1.29, 1.82) is 0 Å². The molecule has 0 unspecified atom stereocenters. The molecule has 0 heterocycles. The Balaban J connectivity index is 2.01. The van der Waals surface area contributed by atoms with E-state index < -0.39 is 0 Å². The molecular weight excluding hydrogens is 88.1 g/mol. The van der Waals surface area contributed by atoms with E-state index in [1.54, 1.807) is 0 Å². The fourth-order valence-corrected chi connectivity index (χ4v) is 1.68. The van der Waals surface area contributed by atoms with Crippen molar-refractivity contribution in [2.24, 2.45) is 0 Å². The van der Waals surface area contributed by atoms with Crippen molar-refractivity contribution in [2.75, 3.05) is 0 Å². The Morgan fingerprint density at radius 3 is 2.17 bits per heavy atom. The van der Waals surface area contributed by atoms with Crippen LogP contribution in [-0.2, 0) is 0 Å². The molecule has 1 heteroatoms. The Kier molecular flexibility index (Phi) is 1.30. The van der Waals surface area contributed by atoms with Gasteiger partial charge < -0.3 is 0 Å². The Bertz CT molecular complexity index is 36.4. The van der Waals surface area contributed by atoms with Crippen molar-refractivity contribution in [3.63, 3.8) is 0 Å². The van der Waals surface area contributed by atoms with E-state index in [1.807, 2.05) is 0 Å². The van der Waals surface area contributed by atoms with E-state index in [-0.39, 0.29) is 0 Å². The Hall–Kier alpha value is 0.217. The Morgan fingerprint density at radius 1 is 1.50 bits per heavy atom. The van der Waals surface area contributed by atoms with Crippen LogP contribution in [0.5, 0.6) is 0 Å². The summed E-state index contributed by atoms with van der Waals surface area (Å²) in [5, 5.41) is 0. The minimum atomic E-state index is 1.14. The highest BCUT2D eigenvalue weighted by Gasteiger charge is 2.14. The Morgan fingerprint density at radius 2 is 2.17 bits per heavy atom. The smallest absolute Gasteiger partial charge is 0.0378 e. The van der Waals surface area contributed by atoms with E-state index in [0.717, 1.165) is 5.54 Å². The van der Waals surface area contributed by atoms with Gasteiger partial charge in [0.05, 0.1) is 0 Å². The number of rotatable bonds is 1. The van der Waals surface area contributed by atoms with Gasteiger partial charge in [0.1, 0.15) is 0 Å². The molecule has 0 aromatic heterocycles. The lowest BCUT2D eigenvalue weighted by Crippen LogP contribution is -2.08. The second-order valence-corrected chi connectivity index (χ2v) is 3.31. The van der Waals surface area contributed by atoms with Crippen LogP contribution in [0.25, 0.3) is 0 Å². The van der Waals surface area contributed by atoms with Gasteiger partial charge in [-0.05, 0) is 5.54 Å². The van der Waals surface area contributed by atoms with Crippen LogP contribution in [0.4, 0.5) is 0 Å². The van der Waals surface area contributed by atoms with E-state index in [4.69, 9.17) is 0 Å². The zero-order chi connectivity index (χ0) is 4.41. The van der Waals surface area contributed by atoms with Crippen LogP contribution in [0.2, 0.25) is 12.1 Å². The molecule has 0 aliphatic heterocycles. The highest BCUT2D eigenvalue weighted by atomic mass is 28.2. The fraction of sp³-hybridized carbons (Fsp3) is 1.00. The monoisotopic (exact) mass is 98.1 g/mol. The molecule has 6 heavy (non-hydrogen) atoms. The molecule has 2 radical (unpaired) electrons. The van der Waals surface area contributed by atoms with Gasteiger partial charge >= 0.3 is 0 Å². The summed E-state index contributed by atoms with van der Waals surface area (Å²) in [6.45, 7) is 2.31. The van der Waals surface area contributed by atoms with E-state index in [1.165, 1.54) is 28.8 Å². The van der Waals surface area contributed by atoms with Gasteiger partial charge in [-0.1, -0.05) is 25.8 Å². The minimum Gasteiger partial charge on any atom is -0.0731 e. The first-order valence-electron chi connectivity index (χ1n) is 2.61. The fourth-order valence-electron chi connectivity index (χ4n) is 0.697. The molecule has 1 aliphatic carbocycles. The lowest BCUT2D eigenvalue weighted by atomic mass is 10.00. The molecule has 0 N–H and O–H groups in total. The maximum atomic E-state index is 2.31. The quantitative estimate of drug-likeness (QED) is 0.438. The highest BCUT2D eigenvalue weighted by molar-refractivity contribution is 6.35. The lowest BCUT2D eigenvalue weighted by Gasteiger charge is -2.22. The molecule has 34 valence electrons. The predicted molar refractivity (Wildman–Crippen MR) is 29.2 cm³/mol. The molecule has 0 aromatic rings. The van der Waals surface area contributed by atoms with Crippen molar-refractivity contribution in [2.45, 2.75) is 31.4 Å². The minimum absolute atomic E-state index is 1.14. The molecule has 0 bridgehead atoms. The van der Waals surface area contributed by atoms with Crippen molar-refractivity contribution in [3.05, 3.63) is 0 Å². The summed E-state index contributed by atoms with van der Waals surface area (Å²) in [7, 11) is 1.22. The molecule has 0 nitrogen and oxygen atoms in total. The van der Waals surface area contributed by atoms with Crippen LogP contribution in [0.1, 0.15) is 19.3 Å². The molecule has 0 aromatic carbocycles. The van der Waals surface area contributed by atoms with Gasteiger partial charge in [0.25, 0.3) is 0 Å². The molecule has 0 atom stereocenters. The number of hydrogen-bond acceptors (Lipinski definition) is 0. The van der Waals surface area contributed by atoms with Crippen LogP contribution < -0.4 is 0 Å². The average Bonchev–Trinajstić information content (AvgIpc) is 1.31. The first kappa shape index (κ1) is 4.38. The number of hydrogen-bond donors (Lipinski definition) is 0. The third-order valence-corrected chi connectivity index (χ3v) is 2.91. The van der Waals surface area contributed by atoms with E-state index in [0.29, 0.717) is 0 Å².